The Labute approximate surface area is 134 Å². The van der Waals surface area contributed by atoms with Crippen molar-refractivity contribution in [2.24, 2.45) is 5.73 Å². The maximum atomic E-state index is 5.86. The van der Waals surface area contributed by atoms with Gasteiger partial charge in [0.05, 0.1) is 0 Å². The summed E-state index contributed by atoms with van der Waals surface area (Å²) < 4.78 is 1.16. The highest BCUT2D eigenvalue weighted by Crippen LogP contribution is 2.29. The van der Waals surface area contributed by atoms with Gasteiger partial charge in [0.25, 0.3) is 0 Å². The van der Waals surface area contributed by atoms with Crippen LogP contribution in [0.15, 0.2) is 51.8 Å². The Bertz CT molecular complexity index is 581. The first kappa shape index (κ1) is 15.6. The van der Waals surface area contributed by atoms with Crippen molar-refractivity contribution in [1.82, 2.24) is 0 Å². The van der Waals surface area contributed by atoms with Gasteiger partial charge in [-0.25, -0.2) is 0 Å². The molecule has 2 rings (SSSR count). The average molecular weight is 350 g/mol. The Morgan fingerprint density at radius 3 is 2.55 bits per heavy atom. The van der Waals surface area contributed by atoms with Gasteiger partial charge in [-0.3, -0.25) is 0 Å². The van der Waals surface area contributed by atoms with Crippen LogP contribution in [0.5, 0.6) is 0 Å². The number of hydrogen-bond acceptors (Lipinski definition) is 2. The first-order valence-electron chi connectivity index (χ1n) is 6.77. The van der Waals surface area contributed by atoms with Gasteiger partial charge >= 0.3 is 0 Å². The summed E-state index contributed by atoms with van der Waals surface area (Å²) in [6.45, 7) is 4.20. The molecule has 3 heteroatoms. The molecule has 1 atom stereocenters. The van der Waals surface area contributed by atoms with Crippen molar-refractivity contribution < 1.29 is 0 Å². The molecule has 0 saturated heterocycles. The lowest BCUT2D eigenvalue weighted by atomic mass is 10.1. The van der Waals surface area contributed by atoms with Gasteiger partial charge < -0.3 is 5.73 Å². The van der Waals surface area contributed by atoms with Crippen molar-refractivity contribution in [2.45, 2.75) is 37.0 Å². The summed E-state index contributed by atoms with van der Waals surface area (Å²) >= 11 is 5.52. The van der Waals surface area contributed by atoms with E-state index in [4.69, 9.17) is 5.73 Å². The van der Waals surface area contributed by atoms with Crippen LogP contribution in [-0.4, -0.2) is 6.04 Å². The van der Waals surface area contributed by atoms with Crippen molar-refractivity contribution in [3.05, 3.63) is 63.6 Å². The molecule has 0 aromatic heterocycles. The summed E-state index contributed by atoms with van der Waals surface area (Å²) in [5.41, 5.74) is 9.89. The summed E-state index contributed by atoms with van der Waals surface area (Å²) in [5, 5.41) is 0. The van der Waals surface area contributed by atoms with E-state index in [1.54, 1.807) is 0 Å². The van der Waals surface area contributed by atoms with Crippen molar-refractivity contribution in [2.75, 3.05) is 0 Å². The molecule has 2 aromatic carbocycles. The van der Waals surface area contributed by atoms with E-state index in [2.05, 4.69) is 65.3 Å². The van der Waals surface area contributed by atoms with Gasteiger partial charge in [0.15, 0.2) is 0 Å². The molecular formula is C17H20BrNS. The minimum absolute atomic E-state index is 0.191. The largest absolute Gasteiger partial charge is 0.328 e. The van der Waals surface area contributed by atoms with E-state index in [0.717, 1.165) is 16.6 Å². The van der Waals surface area contributed by atoms with E-state index in [0.29, 0.717) is 0 Å². The molecule has 0 saturated carbocycles. The van der Waals surface area contributed by atoms with Crippen LogP contribution >= 0.6 is 27.7 Å². The molecule has 2 aromatic rings. The van der Waals surface area contributed by atoms with Gasteiger partial charge in [-0.1, -0.05) is 46.3 Å². The van der Waals surface area contributed by atoms with Crippen molar-refractivity contribution in [3.8, 4) is 0 Å². The number of benzene rings is 2. The summed E-state index contributed by atoms with van der Waals surface area (Å²) in [7, 11) is 0. The zero-order valence-corrected chi connectivity index (χ0v) is 14.3. The third-order valence-corrected chi connectivity index (χ3v) is 5.00. The fourth-order valence-corrected chi connectivity index (χ4v) is 3.77. The van der Waals surface area contributed by atoms with Gasteiger partial charge in [-0.05, 0) is 49.1 Å². The molecule has 0 aliphatic rings. The number of aryl methyl sites for hydroxylation is 1. The number of rotatable bonds is 5. The van der Waals surface area contributed by atoms with Crippen LogP contribution < -0.4 is 5.73 Å². The molecule has 1 nitrogen and oxygen atoms in total. The fourth-order valence-electron chi connectivity index (χ4n) is 2.06. The molecule has 1 unspecified atom stereocenters. The lowest BCUT2D eigenvalue weighted by molar-refractivity contribution is 0.735. The van der Waals surface area contributed by atoms with Gasteiger partial charge in [-0.2, -0.15) is 0 Å². The normalized spacial score (nSPS) is 12.4. The van der Waals surface area contributed by atoms with Crippen LogP contribution in [0.1, 0.15) is 23.6 Å². The smallest absolute Gasteiger partial charge is 0.0234 e. The van der Waals surface area contributed by atoms with E-state index < -0.39 is 0 Å². The Hall–Kier alpha value is -0.770. The summed E-state index contributed by atoms with van der Waals surface area (Å²) in [6.07, 6.45) is 0.906. The van der Waals surface area contributed by atoms with E-state index in [1.165, 1.54) is 21.6 Å². The monoisotopic (exact) mass is 349 g/mol. The van der Waals surface area contributed by atoms with E-state index in [-0.39, 0.29) is 6.04 Å². The van der Waals surface area contributed by atoms with Crippen molar-refractivity contribution in [1.29, 1.82) is 0 Å². The van der Waals surface area contributed by atoms with Crippen LogP contribution in [0.4, 0.5) is 0 Å². The van der Waals surface area contributed by atoms with Crippen LogP contribution in [0.3, 0.4) is 0 Å². The lowest BCUT2D eigenvalue weighted by Crippen LogP contribution is -2.17. The van der Waals surface area contributed by atoms with Gasteiger partial charge in [0.2, 0.25) is 0 Å². The van der Waals surface area contributed by atoms with Crippen LogP contribution in [0, 0.1) is 6.92 Å². The summed E-state index contributed by atoms with van der Waals surface area (Å²) in [5.74, 6) is 1.01. The zero-order valence-electron chi connectivity index (χ0n) is 11.9. The van der Waals surface area contributed by atoms with E-state index in [9.17, 15) is 0 Å². The Morgan fingerprint density at radius 1 is 1.15 bits per heavy atom. The molecule has 0 fully saturated rings. The Morgan fingerprint density at radius 2 is 1.90 bits per heavy atom. The fraction of sp³-hybridized carbons (Fsp3) is 0.294. The molecule has 0 aliphatic carbocycles. The second-order valence-electron chi connectivity index (χ2n) is 5.15. The van der Waals surface area contributed by atoms with Gasteiger partial charge in [0, 0.05) is 21.2 Å². The van der Waals surface area contributed by atoms with E-state index in [1.807, 2.05) is 18.7 Å². The predicted molar refractivity (Wildman–Crippen MR) is 92.2 cm³/mol. The molecular weight excluding hydrogens is 330 g/mol. The molecule has 0 spiro atoms. The van der Waals surface area contributed by atoms with Crippen LogP contribution in [0.25, 0.3) is 0 Å². The van der Waals surface area contributed by atoms with E-state index >= 15 is 0 Å². The lowest BCUT2D eigenvalue weighted by Gasteiger charge is -2.10. The summed E-state index contributed by atoms with van der Waals surface area (Å²) in [4.78, 5) is 1.29. The molecule has 0 heterocycles. The topological polar surface area (TPSA) is 26.0 Å². The number of hydrogen-bond donors (Lipinski definition) is 1. The number of thioether (sulfide) groups is 1. The first-order valence-corrected chi connectivity index (χ1v) is 8.55. The highest BCUT2D eigenvalue weighted by Gasteiger charge is 2.05. The van der Waals surface area contributed by atoms with Crippen LogP contribution in [-0.2, 0) is 12.2 Å². The second-order valence-corrected chi connectivity index (χ2v) is 7.05. The minimum Gasteiger partial charge on any atom is -0.328 e. The Balaban J connectivity index is 2.04. The molecule has 106 valence electrons. The molecule has 0 bridgehead atoms. The maximum Gasteiger partial charge on any atom is 0.0234 e. The maximum absolute atomic E-state index is 5.86. The average Bonchev–Trinajstić information content (AvgIpc) is 2.40. The molecule has 0 radical (unpaired) electrons. The summed E-state index contributed by atoms with van der Waals surface area (Å²) in [6, 6.07) is 15.3. The van der Waals surface area contributed by atoms with Crippen LogP contribution in [0.2, 0.25) is 0 Å². The first-order chi connectivity index (χ1) is 9.56. The quantitative estimate of drug-likeness (QED) is 0.773. The standard InChI is InChI=1S/C17H20BrNS/c1-12-5-3-4-6-15(12)11-20-16-8-7-14(9-13(2)19)17(18)10-16/h3-8,10,13H,9,11,19H2,1-2H3. The van der Waals surface area contributed by atoms with Crippen molar-refractivity contribution >= 4 is 27.7 Å². The highest BCUT2D eigenvalue weighted by molar-refractivity contribution is 9.10. The van der Waals surface area contributed by atoms with Crippen molar-refractivity contribution in [3.63, 3.8) is 0 Å². The highest BCUT2D eigenvalue weighted by atomic mass is 79.9. The predicted octanol–water partition coefficient (Wildman–Crippen LogP) is 4.94. The number of halogens is 1. The molecule has 0 aliphatic heterocycles. The number of nitrogens with two attached hydrogens (primary N) is 1. The van der Waals surface area contributed by atoms with Gasteiger partial charge in [-0.15, -0.1) is 11.8 Å². The molecule has 0 amide bonds. The third-order valence-electron chi connectivity index (χ3n) is 3.22. The molecule has 2 N–H and O–H groups in total. The third kappa shape index (κ3) is 4.37. The van der Waals surface area contributed by atoms with Gasteiger partial charge in [0.1, 0.15) is 0 Å². The zero-order chi connectivity index (χ0) is 14.5. The SMILES string of the molecule is Cc1ccccc1CSc1ccc(CC(C)N)c(Br)c1. The molecule has 20 heavy (non-hydrogen) atoms. The minimum atomic E-state index is 0.191. The Kier molecular flexibility index (Phi) is 5.70. The second kappa shape index (κ2) is 7.30.